The number of hydrogen-bond donors (Lipinski definition) is 2. The first-order valence-corrected chi connectivity index (χ1v) is 9.67. The average molecular weight is 388 g/mol. The van der Waals surface area contributed by atoms with Crippen LogP contribution in [0.3, 0.4) is 0 Å². The summed E-state index contributed by atoms with van der Waals surface area (Å²) in [6.45, 7) is 0.507. The van der Waals surface area contributed by atoms with Gasteiger partial charge in [0.05, 0.1) is 6.04 Å². The molecule has 2 N–H and O–H groups in total. The van der Waals surface area contributed by atoms with Gasteiger partial charge in [0.15, 0.2) is 5.78 Å². The highest BCUT2D eigenvalue weighted by molar-refractivity contribution is 6.00. The molecule has 0 spiro atoms. The van der Waals surface area contributed by atoms with Crippen LogP contribution in [0, 0.1) is 0 Å². The number of carbonyl (C=O) groups is 1. The molecule has 5 rings (SSSR count). The van der Waals surface area contributed by atoms with Gasteiger partial charge in [0.1, 0.15) is 12.4 Å². The number of nitrogens with one attached hydrogen (secondary N) is 2. The van der Waals surface area contributed by atoms with Crippen LogP contribution >= 0.6 is 0 Å². The molecule has 146 valence electrons. The summed E-state index contributed by atoms with van der Waals surface area (Å²) < 4.78 is 10.7. The van der Waals surface area contributed by atoms with E-state index < -0.39 is 0 Å². The van der Waals surface area contributed by atoms with Crippen LogP contribution in [-0.4, -0.2) is 16.1 Å². The second-order valence-corrected chi connectivity index (χ2v) is 7.18. The third-order valence-electron chi connectivity index (χ3n) is 5.25. The molecule has 0 amide bonds. The molecule has 29 heavy (non-hydrogen) atoms. The van der Waals surface area contributed by atoms with Gasteiger partial charge in [-0.05, 0) is 46.4 Å². The number of ether oxygens (including phenoxy) is 1. The number of aromatic nitrogens is 2. The first-order valence-electron chi connectivity index (χ1n) is 9.67. The van der Waals surface area contributed by atoms with E-state index in [9.17, 15) is 4.79 Å². The first-order chi connectivity index (χ1) is 14.3. The number of ketones is 1. The van der Waals surface area contributed by atoms with Gasteiger partial charge in [-0.3, -0.25) is 4.79 Å². The van der Waals surface area contributed by atoms with Gasteiger partial charge in [0.2, 0.25) is 11.6 Å². The van der Waals surface area contributed by atoms with Crippen LogP contribution in [0.1, 0.15) is 36.4 Å². The Hall–Kier alpha value is -3.61. The van der Waals surface area contributed by atoms with Crippen molar-refractivity contribution in [2.45, 2.75) is 31.9 Å². The highest BCUT2D eigenvalue weighted by Crippen LogP contribution is 2.39. The molecule has 0 fully saturated rings. The van der Waals surface area contributed by atoms with Crippen molar-refractivity contribution >= 4 is 17.4 Å². The van der Waals surface area contributed by atoms with Crippen LogP contribution in [-0.2, 0) is 11.4 Å². The van der Waals surface area contributed by atoms with E-state index in [1.165, 1.54) is 0 Å². The van der Waals surface area contributed by atoms with Crippen LogP contribution in [0.5, 0.6) is 5.75 Å². The van der Waals surface area contributed by atoms with Gasteiger partial charge in [0.25, 0.3) is 0 Å². The minimum atomic E-state index is -0.318. The zero-order chi connectivity index (χ0) is 19.6. The summed E-state index contributed by atoms with van der Waals surface area (Å²) in [5.41, 5.74) is 3.70. The summed E-state index contributed by atoms with van der Waals surface area (Å²) in [7, 11) is 0. The van der Waals surface area contributed by atoms with Gasteiger partial charge >= 0.3 is 0 Å². The molecule has 0 bridgehead atoms. The van der Waals surface area contributed by atoms with Crippen molar-refractivity contribution in [3.8, 4) is 5.75 Å². The molecule has 0 saturated carbocycles. The van der Waals surface area contributed by atoms with Crippen LogP contribution in [0.4, 0.5) is 11.6 Å². The Kier molecular flexibility index (Phi) is 4.48. The molecule has 1 aliphatic heterocycles. The summed E-state index contributed by atoms with van der Waals surface area (Å²) in [5, 5.41) is 14.4. The van der Waals surface area contributed by atoms with E-state index >= 15 is 0 Å². The summed E-state index contributed by atoms with van der Waals surface area (Å²) in [6.07, 6.45) is 2.17. The largest absolute Gasteiger partial charge is 0.489 e. The number of carbonyl (C=O) groups excluding carboxylic acids is 1. The third-order valence-corrected chi connectivity index (χ3v) is 5.25. The monoisotopic (exact) mass is 388 g/mol. The maximum atomic E-state index is 12.7. The number of nitrogens with zero attached hydrogens (tertiary/aromatic N) is 2. The van der Waals surface area contributed by atoms with Gasteiger partial charge in [-0.1, -0.05) is 42.5 Å². The topological polar surface area (TPSA) is 89.3 Å². The quantitative estimate of drug-likeness (QED) is 0.691. The molecule has 1 atom stereocenters. The van der Waals surface area contributed by atoms with Gasteiger partial charge < -0.3 is 15.4 Å². The van der Waals surface area contributed by atoms with E-state index in [0.29, 0.717) is 24.7 Å². The lowest BCUT2D eigenvalue weighted by molar-refractivity contribution is -0.116. The van der Waals surface area contributed by atoms with E-state index in [-0.39, 0.29) is 11.8 Å². The Morgan fingerprint density at radius 2 is 1.79 bits per heavy atom. The summed E-state index contributed by atoms with van der Waals surface area (Å²) in [6, 6.07) is 17.5. The molecule has 7 heteroatoms. The predicted molar refractivity (Wildman–Crippen MR) is 107 cm³/mol. The molecule has 2 aromatic carbocycles. The molecule has 2 heterocycles. The fourth-order valence-electron chi connectivity index (χ4n) is 3.79. The lowest BCUT2D eigenvalue weighted by Gasteiger charge is -2.25. The molecule has 0 unspecified atom stereocenters. The van der Waals surface area contributed by atoms with Gasteiger partial charge in [-0.25, -0.2) is 4.63 Å². The Bertz CT molecular complexity index is 1060. The van der Waals surface area contributed by atoms with E-state index in [0.717, 1.165) is 41.0 Å². The van der Waals surface area contributed by atoms with Gasteiger partial charge in [-0.2, -0.15) is 0 Å². The number of Topliss-reactive ketones (excluding diaryl/α,β-unsaturated/α-hetero) is 1. The highest BCUT2D eigenvalue weighted by Gasteiger charge is 2.33. The Balaban J connectivity index is 1.41. The molecular formula is C22H20N4O3. The molecule has 1 aromatic heterocycles. The Morgan fingerprint density at radius 3 is 2.62 bits per heavy atom. The zero-order valence-corrected chi connectivity index (χ0v) is 15.7. The molecule has 1 aliphatic carbocycles. The lowest BCUT2D eigenvalue weighted by Crippen LogP contribution is -2.23. The van der Waals surface area contributed by atoms with Crippen LogP contribution in [0.2, 0.25) is 0 Å². The van der Waals surface area contributed by atoms with E-state index in [1.54, 1.807) is 0 Å². The molecule has 7 nitrogen and oxygen atoms in total. The minimum absolute atomic E-state index is 0.141. The molecule has 0 radical (unpaired) electrons. The number of anilines is 2. The van der Waals surface area contributed by atoms with Crippen molar-refractivity contribution in [3.05, 3.63) is 77.0 Å². The normalized spacial score (nSPS) is 18.2. The Morgan fingerprint density at radius 1 is 1.00 bits per heavy atom. The van der Waals surface area contributed by atoms with Gasteiger partial charge in [0, 0.05) is 17.7 Å². The van der Waals surface area contributed by atoms with E-state index in [2.05, 4.69) is 20.9 Å². The highest BCUT2D eigenvalue weighted by atomic mass is 16.6. The van der Waals surface area contributed by atoms with Crippen molar-refractivity contribution in [1.29, 1.82) is 0 Å². The fourth-order valence-corrected chi connectivity index (χ4v) is 3.79. The Labute approximate surface area is 167 Å². The smallest absolute Gasteiger partial charge is 0.219 e. The number of fused-ring (bicyclic) bond motifs is 1. The fraction of sp³-hybridized carbons (Fsp3) is 0.227. The minimum Gasteiger partial charge on any atom is -0.489 e. The SMILES string of the molecule is O=C1CCCC2=C1[C@H](c1ccc(OCc3ccccc3)cc1)Nc1nonc1N2. The standard InChI is InChI=1S/C22H20N4O3/c27-18-8-4-7-17-19(18)20(24-22-21(23-17)25-29-26-22)15-9-11-16(12-10-15)28-13-14-5-2-1-3-6-14/h1-3,5-6,9-12,20H,4,7-8,13H2,(H,23,25)(H,24,26)/t20-/m0/s1. The van der Waals surface area contributed by atoms with Crippen LogP contribution in [0.25, 0.3) is 0 Å². The van der Waals surface area contributed by atoms with Crippen molar-refractivity contribution < 1.29 is 14.2 Å². The number of rotatable bonds is 4. The molecule has 3 aromatic rings. The van der Waals surface area contributed by atoms with Crippen molar-refractivity contribution in [2.75, 3.05) is 10.6 Å². The van der Waals surface area contributed by atoms with Gasteiger partial charge in [-0.15, -0.1) is 0 Å². The summed E-state index contributed by atoms with van der Waals surface area (Å²) in [5.74, 6) is 1.93. The second kappa shape index (κ2) is 7.43. The first kappa shape index (κ1) is 17.5. The molecule has 2 aliphatic rings. The van der Waals surface area contributed by atoms with Crippen molar-refractivity contribution in [2.24, 2.45) is 0 Å². The average Bonchev–Trinajstić information content (AvgIpc) is 3.12. The number of benzene rings is 2. The maximum Gasteiger partial charge on any atom is 0.219 e. The number of hydrogen-bond acceptors (Lipinski definition) is 7. The molecular weight excluding hydrogens is 368 g/mol. The summed E-state index contributed by atoms with van der Waals surface area (Å²) >= 11 is 0. The predicted octanol–water partition coefficient (Wildman–Crippen LogP) is 4.23. The zero-order valence-electron chi connectivity index (χ0n) is 15.7. The van der Waals surface area contributed by atoms with E-state index in [1.807, 2.05) is 54.6 Å². The third kappa shape index (κ3) is 3.47. The maximum absolute atomic E-state index is 12.7. The van der Waals surface area contributed by atoms with Crippen molar-refractivity contribution in [1.82, 2.24) is 10.3 Å². The number of allylic oxidation sites excluding steroid dienone is 1. The van der Waals surface area contributed by atoms with Crippen LogP contribution < -0.4 is 15.4 Å². The lowest BCUT2D eigenvalue weighted by atomic mass is 9.87. The van der Waals surface area contributed by atoms with Crippen molar-refractivity contribution in [3.63, 3.8) is 0 Å². The van der Waals surface area contributed by atoms with E-state index in [4.69, 9.17) is 9.37 Å². The van der Waals surface area contributed by atoms with Crippen LogP contribution in [0.15, 0.2) is 70.5 Å². The second-order valence-electron chi connectivity index (χ2n) is 7.18. The summed E-state index contributed by atoms with van der Waals surface area (Å²) in [4.78, 5) is 12.7. The molecule has 0 saturated heterocycles.